The van der Waals surface area contributed by atoms with Crippen molar-refractivity contribution in [1.29, 1.82) is 0 Å². The Hall–Kier alpha value is -2.61. The molecule has 5 nitrogen and oxygen atoms in total. The van der Waals surface area contributed by atoms with Crippen LogP contribution in [0.1, 0.15) is 18.7 Å². The number of hydrogen-bond donors (Lipinski definition) is 0. The molecule has 0 unspecified atom stereocenters. The number of alkyl halides is 3. The lowest BCUT2D eigenvalue weighted by Gasteiger charge is -2.13. The molecule has 1 aliphatic heterocycles. The number of halogens is 3. The molecular formula is C18H17F3N4O. The van der Waals surface area contributed by atoms with E-state index in [1.165, 1.54) is 25.0 Å². The molecule has 3 heterocycles. The number of hydrogen-bond acceptors (Lipinski definition) is 4. The van der Waals surface area contributed by atoms with Crippen LogP contribution < -0.4 is 4.74 Å². The second-order valence-electron chi connectivity index (χ2n) is 6.32. The summed E-state index contributed by atoms with van der Waals surface area (Å²) in [6, 6.07) is 9.56. The Bertz CT molecular complexity index is 899. The molecule has 136 valence electrons. The average Bonchev–Trinajstić information content (AvgIpc) is 3.24. The molecule has 0 aliphatic carbocycles. The Morgan fingerprint density at radius 2 is 1.62 bits per heavy atom. The maximum absolute atomic E-state index is 12.3. The monoisotopic (exact) mass is 362 g/mol. The summed E-state index contributed by atoms with van der Waals surface area (Å²) in [6.45, 7) is 2.87. The topological polar surface area (TPSA) is 42.7 Å². The van der Waals surface area contributed by atoms with Gasteiger partial charge in [-0.1, -0.05) is 12.1 Å². The number of benzene rings is 1. The number of rotatable bonds is 4. The van der Waals surface area contributed by atoms with Crippen LogP contribution in [0.2, 0.25) is 0 Å². The first-order valence-corrected chi connectivity index (χ1v) is 8.40. The van der Waals surface area contributed by atoms with Gasteiger partial charge in [-0.3, -0.25) is 9.30 Å². The fraction of sp³-hybridized carbons (Fsp3) is 0.333. The molecular weight excluding hydrogens is 345 g/mol. The zero-order valence-corrected chi connectivity index (χ0v) is 13.9. The quantitative estimate of drug-likeness (QED) is 0.706. The van der Waals surface area contributed by atoms with Crippen molar-refractivity contribution >= 4 is 5.65 Å². The minimum absolute atomic E-state index is 0.235. The first-order chi connectivity index (χ1) is 12.5. The highest BCUT2D eigenvalue weighted by molar-refractivity contribution is 5.65. The van der Waals surface area contributed by atoms with Gasteiger partial charge in [0.25, 0.3) is 0 Å². The minimum atomic E-state index is -4.69. The first-order valence-electron chi connectivity index (χ1n) is 8.40. The Balaban J connectivity index is 1.60. The van der Waals surface area contributed by atoms with Gasteiger partial charge in [-0.2, -0.15) is 0 Å². The van der Waals surface area contributed by atoms with Crippen LogP contribution in [-0.2, 0) is 6.54 Å². The molecule has 4 rings (SSSR count). The van der Waals surface area contributed by atoms with E-state index in [0.717, 1.165) is 42.2 Å². The van der Waals surface area contributed by atoms with E-state index < -0.39 is 6.36 Å². The molecule has 0 saturated carbocycles. The van der Waals surface area contributed by atoms with Crippen LogP contribution in [0.25, 0.3) is 16.8 Å². The molecule has 0 spiro atoms. The summed E-state index contributed by atoms with van der Waals surface area (Å²) in [5.41, 5.74) is 2.42. The smallest absolute Gasteiger partial charge is 0.406 e. The van der Waals surface area contributed by atoms with Gasteiger partial charge >= 0.3 is 6.36 Å². The third-order valence-corrected chi connectivity index (χ3v) is 4.46. The molecule has 3 aromatic rings. The van der Waals surface area contributed by atoms with Crippen LogP contribution in [0.4, 0.5) is 13.2 Å². The van der Waals surface area contributed by atoms with Crippen molar-refractivity contribution in [2.75, 3.05) is 13.1 Å². The zero-order chi connectivity index (χ0) is 18.1. The second kappa shape index (κ2) is 6.60. The van der Waals surface area contributed by atoms with Crippen molar-refractivity contribution in [2.45, 2.75) is 25.7 Å². The van der Waals surface area contributed by atoms with E-state index in [1.54, 1.807) is 12.1 Å². The molecule has 0 atom stereocenters. The van der Waals surface area contributed by atoms with E-state index in [4.69, 9.17) is 0 Å². The predicted molar refractivity (Wildman–Crippen MR) is 89.6 cm³/mol. The lowest BCUT2D eigenvalue weighted by molar-refractivity contribution is -0.274. The number of nitrogens with zero attached hydrogens (tertiary/aromatic N) is 4. The lowest BCUT2D eigenvalue weighted by Crippen LogP contribution is -2.20. The van der Waals surface area contributed by atoms with Gasteiger partial charge in [0.1, 0.15) is 5.75 Å². The standard InChI is InChI=1S/C18H17F3N4O/c19-18(20,21)26-15-6-3-13(4-7-15)14-5-8-16-22-23-17(25(16)11-14)12-24-9-1-2-10-24/h3-8,11H,1-2,9-10,12H2. The van der Waals surface area contributed by atoms with Gasteiger partial charge in [-0.25, -0.2) is 0 Å². The summed E-state index contributed by atoms with van der Waals surface area (Å²) < 4.78 is 42.7. The summed E-state index contributed by atoms with van der Waals surface area (Å²) in [5.74, 6) is 0.627. The molecule has 8 heteroatoms. The Kier molecular flexibility index (Phi) is 4.28. The SMILES string of the molecule is FC(F)(F)Oc1ccc(-c2ccc3nnc(CN4CCCC4)n3c2)cc1. The minimum Gasteiger partial charge on any atom is -0.406 e. The van der Waals surface area contributed by atoms with Crippen molar-refractivity contribution in [2.24, 2.45) is 0 Å². The van der Waals surface area contributed by atoms with Crippen molar-refractivity contribution in [3.05, 3.63) is 48.4 Å². The lowest BCUT2D eigenvalue weighted by atomic mass is 10.1. The van der Waals surface area contributed by atoms with E-state index in [0.29, 0.717) is 0 Å². The van der Waals surface area contributed by atoms with Crippen LogP contribution in [0.3, 0.4) is 0 Å². The van der Waals surface area contributed by atoms with Crippen molar-refractivity contribution < 1.29 is 17.9 Å². The first kappa shape index (κ1) is 16.8. The molecule has 26 heavy (non-hydrogen) atoms. The summed E-state index contributed by atoms with van der Waals surface area (Å²) in [4.78, 5) is 2.34. The van der Waals surface area contributed by atoms with Crippen LogP contribution in [0.15, 0.2) is 42.6 Å². The molecule has 0 radical (unpaired) electrons. The fourth-order valence-electron chi connectivity index (χ4n) is 3.21. The van der Waals surface area contributed by atoms with E-state index >= 15 is 0 Å². The van der Waals surface area contributed by atoms with Crippen LogP contribution >= 0.6 is 0 Å². The third kappa shape index (κ3) is 3.65. The van der Waals surface area contributed by atoms with E-state index in [2.05, 4.69) is 19.8 Å². The van der Waals surface area contributed by atoms with Gasteiger partial charge in [0, 0.05) is 6.20 Å². The molecule has 0 N–H and O–H groups in total. The van der Waals surface area contributed by atoms with Crippen molar-refractivity contribution in [3.8, 4) is 16.9 Å². The third-order valence-electron chi connectivity index (χ3n) is 4.46. The molecule has 1 saturated heterocycles. The van der Waals surface area contributed by atoms with Gasteiger partial charge in [-0.15, -0.1) is 23.4 Å². The van der Waals surface area contributed by atoms with Crippen LogP contribution in [0.5, 0.6) is 5.75 Å². The Morgan fingerprint density at radius 1 is 0.923 bits per heavy atom. The highest BCUT2D eigenvalue weighted by Crippen LogP contribution is 2.27. The number of fused-ring (bicyclic) bond motifs is 1. The van der Waals surface area contributed by atoms with Gasteiger partial charge in [-0.05, 0) is 61.3 Å². The Labute approximate surface area is 148 Å². The average molecular weight is 362 g/mol. The van der Waals surface area contributed by atoms with E-state index in [1.807, 2.05) is 22.7 Å². The fourth-order valence-corrected chi connectivity index (χ4v) is 3.21. The summed E-state index contributed by atoms with van der Waals surface area (Å²) in [6.07, 6.45) is -0.365. The van der Waals surface area contributed by atoms with Crippen molar-refractivity contribution in [1.82, 2.24) is 19.5 Å². The molecule has 0 bridgehead atoms. The molecule has 1 fully saturated rings. The second-order valence-corrected chi connectivity index (χ2v) is 6.32. The van der Waals surface area contributed by atoms with E-state index in [-0.39, 0.29) is 5.75 Å². The summed E-state index contributed by atoms with van der Waals surface area (Å²) in [5, 5.41) is 8.47. The normalized spacial score (nSPS) is 15.7. The van der Waals surface area contributed by atoms with E-state index in [9.17, 15) is 13.2 Å². The molecule has 2 aromatic heterocycles. The van der Waals surface area contributed by atoms with Crippen molar-refractivity contribution in [3.63, 3.8) is 0 Å². The molecule has 0 amide bonds. The molecule has 1 aliphatic rings. The Morgan fingerprint density at radius 3 is 2.31 bits per heavy atom. The number of pyridine rings is 1. The summed E-state index contributed by atoms with van der Waals surface area (Å²) >= 11 is 0. The number of ether oxygens (including phenoxy) is 1. The van der Waals surface area contributed by atoms with Gasteiger partial charge in [0.05, 0.1) is 6.54 Å². The zero-order valence-electron chi connectivity index (χ0n) is 13.9. The largest absolute Gasteiger partial charge is 0.573 e. The highest BCUT2D eigenvalue weighted by atomic mass is 19.4. The van der Waals surface area contributed by atoms with Gasteiger partial charge < -0.3 is 4.74 Å². The summed E-state index contributed by atoms with van der Waals surface area (Å²) in [7, 11) is 0. The number of likely N-dealkylation sites (tertiary alicyclic amines) is 1. The van der Waals surface area contributed by atoms with Gasteiger partial charge in [0.2, 0.25) is 0 Å². The van der Waals surface area contributed by atoms with Crippen LogP contribution in [0, 0.1) is 0 Å². The van der Waals surface area contributed by atoms with Crippen LogP contribution in [-0.4, -0.2) is 38.9 Å². The number of aromatic nitrogens is 3. The highest BCUT2D eigenvalue weighted by Gasteiger charge is 2.31. The maximum Gasteiger partial charge on any atom is 0.573 e. The molecule has 1 aromatic carbocycles. The maximum atomic E-state index is 12.3. The van der Waals surface area contributed by atoms with Gasteiger partial charge in [0.15, 0.2) is 11.5 Å². The predicted octanol–water partition coefficient (Wildman–Crippen LogP) is 3.89.